The highest BCUT2D eigenvalue weighted by molar-refractivity contribution is 6.74. The van der Waals surface area contributed by atoms with Crippen molar-refractivity contribution in [3.63, 3.8) is 0 Å². The number of methoxy groups -OCH3 is 1. The number of allylic oxidation sites excluding steroid dienone is 1. The molecule has 4 fully saturated rings. The Bertz CT molecular complexity index is 725. The van der Waals surface area contributed by atoms with E-state index in [0.29, 0.717) is 41.3 Å². The lowest BCUT2D eigenvalue weighted by molar-refractivity contribution is 0.0530. The van der Waals surface area contributed by atoms with Crippen LogP contribution in [0, 0.1) is 34.5 Å². The van der Waals surface area contributed by atoms with E-state index in [1.165, 1.54) is 51.4 Å². The van der Waals surface area contributed by atoms with Gasteiger partial charge in [0, 0.05) is 25.2 Å². The van der Waals surface area contributed by atoms with Crippen molar-refractivity contribution in [2.24, 2.45) is 34.5 Å². The Kier molecular flexibility index (Phi) is 6.62. The summed E-state index contributed by atoms with van der Waals surface area (Å²) in [7, 11) is 0.206. The zero-order valence-electron chi connectivity index (χ0n) is 22.2. The zero-order chi connectivity index (χ0) is 23.5. The highest BCUT2D eigenvalue weighted by Crippen LogP contribution is 2.68. The molecular formula is C28H50O3Si. The normalized spacial score (nSPS) is 42.6. The number of hydrogen-bond acceptors (Lipinski definition) is 3. The summed E-state index contributed by atoms with van der Waals surface area (Å²) in [5, 5.41) is 10.1. The van der Waals surface area contributed by atoms with E-state index in [-0.39, 0.29) is 11.1 Å². The van der Waals surface area contributed by atoms with Gasteiger partial charge in [0.15, 0.2) is 8.32 Å². The van der Waals surface area contributed by atoms with E-state index in [9.17, 15) is 5.11 Å². The van der Waals surface area contributed by atoms with Crippen molar-refractivity contribution in [3.8, 4) is 0 Å². The first-order valence-corrected chi connectivity index (χ1v) is 16.3. The number of ether oxygens (including phenoxy) is 1. The number of hydrogen-bond donors (Lipinski definition) is 1. The van der Waals surface area contributed by atoms with Crippen molar-refractivity contribution in [2.75, 3.05) is 13.7 Å². The summed E-state index contributed by atoms with van der Waals surface area (Å²) in [4.78, 5) is 0. The number of aliphatic hydroxyl groups excluding tert-OH is 1. The van der Waals surface area contributed by atoms with Crippen LogP contribution in [-0.4, -0.2) is 39.3 Å². The minimum Gasteiger partial charge on any atom is -0.414 e. The first-order chi connectivity index (χ1) is 14.9. The van der Waals surface area contributed by atoms with Gasteiger partial charge < -0.3 is 14.3 Å². The minimum absolute atomic E-state index is 0.243. The van der Waals surface area contributed by atoms with Gasteiger partial charge in [0.2, 0.25) is 0 Å². The molecule has 4 saturated carbocycles. The Hall–Kier alpha value is -0.163. The SMILES string of the molecule is CO[C@H](/C=C1\CCCC2(C)[C@@H]([C@H](C)CO)CC[C@@H]12)[C@@]12CC(O[Si](C)(C)C(C)(C)C)C[C@@H]1C2. The van der Waals surface area contributed by atoms with Crippen molar-refractivity contribution in [3.05, 3.63) is 11.6 Å². The molecule has 4 aliphatic rings. The summed E-state index contributed by atoms with van der Waals surface area (Å²) in [6.07, 6.45) is 13.4. The first kappa shape index (κ1) is 24.9. The molecule has 0 aromatic heterocycles. The van der Waals surface area contributed by atoms with Gasteiger partial charge >= 0.3 is 0 Å². The van der Waals surface area contributed by atoms with E-state index >= 15 is 0 Å². The Balaban J connectivity index is 1.49. The summed E-state index contributed by atoms with van der Waals surface area (Å²) in [6.45, 7) is 16.9. The Morgan fingerprint density at radius 2 is 1.94 bits per heavy atom. The largest absolute Gasteiger partial charge is 0.414 e. The van der Waals surface area contributed by atoms with Gasteiger partial charge in [0.05, 0.1) is 6.10 Å². The zero-order valence-corrected chi connectivity index (χ0v) is 23.2. The van der Waals surface area contributed by atoms with Crippen LogP contribution in [0.3, 0.4) is 0 Å². The molecule has 0 heterocycles. The fourth-order valence-corrected chi connectivity index (χ4v) is 9.31. The second kappa shape index (κ2) is 8.50. The van der Waals surface area contributed by atoms with Crippen LogP contribution < -0.4 is 0 Å². The summed E-state index contributed by atoms with van der Waals surface area (Å²) < 4.78 is 13.1. The molecule has 0 spiro atoms. The minimum atomic E-state index is -1.73. The van der Waals surface area contributed by atoms with Gasteiger partial charge in [-0.2, -0.15) is 0 Å². The molecule has 32 heavy (non-hydrogen) atoms. The highest BCUT2D eigenvalue weighted by Gasteiger charge is 2.65. The van der Waals surface area contributed by atoms with Gasteiger partial charge in [0.25, 0.3) is 0 Å². The van der Waals surface area contributed by atoms with Crippen LogP contribution >= 0.6 is 0 Å². The molecule has 184 valence electrons. The molecule has 2 unspecified atom stereocenters. The van der Waals surface area contributed by atoms with Gasteiger partial charge in [-0.25, -0.2) is 0 Å². The summed E-state index contributed by atoms with van der Waals surface area (Å²) in [5.74, 6) is 2.53. The number of fused-ring (bicyclic) bond motifs is 2. The van der Waals surface area contributed by atoms with Crippen molar-refractivity contribution < 1.29 is 14.3 Å². The molecule has 4 aliphatic carbocycles. The van der Waals surface area contributed by atoms with E-state index < -0.39 is 8.32 Å². The van der Waals surface area contributed by atoms with Crippen LogP contribution in [-0.2, 0) is 9.16 Å². The lowest BCUT2D eigenvalue weighted by Crippen LogP contribution is -2.44. The highest BCUT2D eigenvalue weighted by atomic mass is 28.4. The monoisotopic (exact) mass is 462 g/mol. The Morgan fingerprint density at radius 1 is 1.22 bits per heavy atom. The fraction of sp³-hybridized carbons (Fsp3) is 0.929. The molecule has 0 radical (unpaired) electrons. The molecular weight excluding hydrogens is 412 g/mol. The predicted molar refractivity (Wildman–Crippen MR) is 135 cm³/mol. The van der Waals surface area contributed by atoms with Gasteiger partial charge in [-0.15, -0.1) is 0 Å². The van der Waals surface area contributed by atoms with Crippen LogP contribution in [0.2, 0.25) is 18.1 Å². The molecule has 0 amide bonds. The second-order valence-electron chi connectivity index (χ2n) is 13.7. The van der Waals surface area contributed by atoms with Gasteiger partial charge in [-0.05, 0) is 98.6 Å². The van der Waals surface area contributed by atoms with E-state index in [1.807, 2.05) is 7.11 Å². The van der Waals surface area contributed by atoms with Crippen LogP contribution in [0.25, 0.3) is 0 Å². The van der Waals surface area contributed by atoms with E-state index in [2.05, 4.69) is 53.8 Å². The second-order valence-corrected chi connectivity index (χ2v) is 18.5. The Labute approximate surface area is 198 Å². The van der Waals surface area contributed by atoms with Crippen LogP contribution in [0.1, 0.15) is 86.0 Å². The van der Waals surface area contributed by atoms with Crippen molar-refractivity contribution in [1.82, 2.24) is 0 Å². The van der Waals surface area contributed by atoms with Gasteiger partial charge in [-0.1, -0.05) is 46.3 Å². The summed E-state index contributed by atoms with van der Waals surface area (Å²) in [5.41, 5.74) is 2.35. The maximum atomic E-state index is 9.84. The molecule has 0 aromatic rings. The smallest absolute Gasteiger partial charge is 0.192 e. The van der Waals surface area contributed by atoms with Crippen LogP contribution in [0.4, 0.5) is 0 Å². The lowest BCUT2D eigenvalue weighted by atomic mass is 9.61. The lowest BCUT2D eigenvalue weighted by Gasteiger charge is -2.44. The molecule has 4 rings (SSSR count). The third-order valence-corrected chi connectivity index (χ3v) is 15.4. The van der Waals surface area contributed by atoms with Gasteiger partial charge in [-0.3, -0.25) is 0 Å². The third-order valence-electron chi connectivity index (χ3n) is 10.9. The maximum Gasteiger partial charge on any atom is 0.192 e. The van der Waals surface area contributed by atoms with Gasteiger partial charge in [0.1, 0.15) is 0 Å². The fourth-order valence-electron chi connectivity index (χ4n) is 7.94. The molecule has 0 saturated heterocycles. The molecule has 0 bridgehead atoms. The molecule has 3 nitrogen and oxygen atoms in total. The topological polar surface area (TPSA) is 38.7 Å². The number of rotatable bonds is 7. The molecule has 4 heteroatoms. The molecule has 1 N–H and O–H groups in total. The molecule has 8 atom stereocenters. The quantitative estimate of drug-likeness (QED) is 0.328. The molecule has 0 aliphatic heterocycles. The van der Waals surface area contributed by atoms with Crippen molar-refractivity contribution in [1.29, 1.82) is 0 Å². The van der Waals surface area contributed by atoms with Crippen LogP contribution in [0.15, 0.2) is 11.6 Å². The van der Waals surface area contributed by atoms with Crippen LogP contribution in [0.5, 0.6) is 0 Å². The Morgan fingerprint density at radius 3 is 2.56 bits per heavy atom. The first-order valence-electron chi connectivity index (χ1n) is 13.4. The maximum absolute atomic E-state index is 9.84. The van der Waals surface area contributed by atoms with E-state index in [0.717, 1.165) is 5.92 Å². The van der Waals surface area contributed by atoms with Crippen molar-refractivity contribution in [2.45, 2.75) is 116 Å². The summed E-state index contributed by atoms with van der Waals surface area (Å²) >= 11 is 0. The average Bonchev–Trinajstić information content (AvgIpc) is 3.08. The van der Waals surface area contributed by atoms with E-state index in [4.69, 9.17) is 9.16 Å². The average molecular weight is 463 g/mol. The number of aliphatic hydroxyl groups is 1. The van der Waals surface area contributed by atoms with Crippen molar-refractivity contribution >= 4 is 8.32 Å². The van der Waals surface area contributed by atoms with E-state index in [1.54, 1.807) is 5.57 Å². The summed E-state index contributed by atoms with van der Waals surface area (Å²) in [6, 6.07) is 0. The molecule has 0 aromatic carbocycles. The standard InChI is InChI=1S/C28H50O3Si/c1-19(18-29)23-11-12-24-20(10-9-13-27(23,24)5)14-25(30-6)28-16-21(28)15-22(17-28)31-32(7,8)26(2,3)4/h14,19,21-25,29H,9-13,15-18H2,1-8H3/b20-14+/t19-,21-,22?,23-,24+,25-,27?,28+/m1/s1. The third kappa shape index (κ3) is 4.10. The predicted octanol–water partition coefficient (Wildman–Crippen LogP) is 6.96.